The molecule has 2 heterocycles. The van der Waals surface area contributed by atoms with Crippen LogP contribution in [0.3, 0.4) is 0 Å². The summed E-state index contributed by atoms with van der Waals surface area (Å²) in [7, 11) is -4.29. The molecule has 0 atom stereocenters. The molecule has 0 aliphatic carbocycles. The smallest absolute Gasteiger partial charge is 0.296 e. The Labute approximate surface area is 159 Å². The van der Waals surface area contributed by atoms with Crippen molar-refractivity contribution in [1.82, 2.24) is 15.0 Å². The third kappa shape index (κ3) is 5.30. The van der Waals surface area contributed by atoms with E-state index in [9.17, 15) is 13.2 Å². The third-order valence-corrected chi connectivity index (χ3v) is 3.63. The van der Waals surface area contributed by atoms with Gasteiger partial charge < -0.3 is 9.97 Å². The number of benzene rings is 1. The van der Waals surface area contributed by atoms with Crippen molar-refractivity contribution in [3.63, 3.8) is 0 Å². The Kier molecular flexibility index (Phi) is 7.34. The molecule has 3 N–H and O–H groups in total. The first-order chi connectivity index (χ1) is 10.9. The molecule has 3 aromatic rings. The number of fused-ring (bicyclic) bond motifs is 1. The number of hydrogen-bond donors (Lipinski definition) is 3. The minimum atomic E-state index is -4.29. The fourth-order valence-corrected chi connectivity index (χ4v) is 2.47. The Bertz CT molecular complexity index is 1000. The largest absolute Gasteiger partial charge is 0.340 e. The molecule has 2 aromatic heterocycles. The van der Waals surface area contributed by atoms with E-state index >= 15 is 0 Å². The average Bonchev–Trinajstić information content (AvgIpc) is 2.90. The minimum Gasteiger partial charge on any atom is -0.340 e. The van der Waals surface area contributed by atoms with Crippen LogP contribution >= 0.6 is 0 Å². The van der Waals surface area contributed by atoms with Gasteiger partial charge in [-0.2, -0.15) is 13.7 Å². The molecule has 24 heavy (non-hydrogen) atoms. The summed E-state index contributed by atoms with van der Waals surface area (Å²) in [5, 5.41) is 8.50. The number of nitrogens with zero attached hydrogens (tertiary/aromatic N) is 2. The molecule has 0 fully saturated rings. The molecule has 10 heteroatoms. The van der Waals surface area contributed by atoms with E-state index in [1.165, 1.54) is 18.2 Å². The van der Waals surface area contributed by atoms with Gasteiger partial charge in [0, 0.05) is 41.8 Å². The van der Waals surface area contributed by atoms with Gasteiger partial charge in [0.2, 0.25) is 5.56 Å². The molecule has 1 radical (unpaired) electrons. The average molecular weight is 355 g/mol. The molecule has 0 spiro atoms. The van der Waals surface area contributed by atoms with E-state index in [1.807, 2.05) is 6.07 Å². The summed E-state index contributed by atoms with van der Waals surface area (Å²) in [6, 6.07) is 11.2. The van der Waals surface area contributed by atoms with Gasteiger partial charge >= 0.3 is 0 Å². The van der Waals surface area contributed by atoms with Crippen molar-refractivity contribution in [2.24, 2.45) is 0 Å². The van der Waals surface area contributed by atoms with Crippen molar-refractivity contribution in [3.05, 3.63) is 58.8 Å². The summed E-state index contributed by atoms with van der Waals surface area (Å²) in [5.41, 5.74) is 0.568. The van der Waals surface area contributed by atoms with Crippen LogP contribution in [0, 0.1) is 11.3 Å². The number of aromatic nitrogens is 3. The first kappa shape index (κ1) is 20.1. The van der Waals surface area contributed by atoms with Gasteiger partial charge in [0.15, 0.2) is 0 Å². The van der Waals surface area contributed by atoms with Crippen LogP contribution in [-0.2, 0) is 16.5 Å². The predicted molar refractivity (Wildman–Crippen MR) is 88.0 cm³/mol. The van der Waals surface area contributed by atoms with Crippen molar-refractivity contribution < 1.29 is 13.0 Å². The van der Waals surface area contributed by atoms with Crippen LogP contribution in [0.4, 0.5) is 0 Å². The Morgan fingerprint density at radius 2 is 1.96 bits per heavy atom. The number of pyridine rings is 1. The molecule has 0 saturated carbocycles. The van der Waals surface area contributed by atoms with E-state index in [-0.39, 0.29) is 51.9 Å². The Morgan fingerprint density at radius 1 is 1.21 bits per heavy atom. The molecule has 0 aliphatic rings. The molecule has 8 nitrogen and oxygen atoms in total. The maximum Gasteiger partial charge on any atom is 0.296 e. The van der Waals surface area contributed by atoms with Crippen LogP contribution in [-0.4, -0.2) is 57.5 Å². The zero-order valence-corrected chi connectivity index (χ0v) is 15.5. The van der Waals surface area contributed by atoms with E-state index in [0.29, 0.717) is 11.3 Å². The van der Waals surface area contributed by atoms with Gasteiger partial charge in [-0.25, -0.2) is 4.98 Å². The van der Waals surface area contributed by atoms with Gasteiger partial charge in [-0.1, -0.05) is 12.1 Å². The van der Waals surface area contributed by atoms with Crippen molar-refractivity contribution in [2.45, 2.75) is 11.3 Å². The van der Waals surface area contributed by atoms with E-state index < -0.39 is 10.1 Å². The summed E-state index contributed by atoms with van der Waals surface area (Å²) in [4.78, 5) is 19.2. The normalized spacial score (nSPS) is 10.2. The second-order valence-corrected chi connectivity index (χ2v) is 5.76. The molecule has 1 aromatic carbocycles. The molecular weight excluding hydrogens is 343 g/mol. The Balaban J connectivity index is 0.000000304. The van der Waals surface area contributed by atoms with Crippen LogP contribution in [0.2, 0.25) is 0 Å². The summed E-state index contributed by atoms with van der Waals surface area (Å²) in [5.74, 6) is 0.369. The molecule has 0 aliphatic heterocycles. The van der Waals surface area contributed by atoms with Gasteiger partial charge in [0.05, 0.1) is 23.5 Å². The number of nitrogens with one attached hydrogen (secondary N) is 2. The topological polar surface area (TPSA) is 140 Å². The van der Waals surface area contributed by atoms with Crippen molar-refractivity contribution in [3.8, 4) is 6.07 Å². The van der Waals surface area contributed by atoms with E-state index in [1.54, 1.807) is 24.4 Å². The predicted octanol–water partition coefficient (Wildman–Crippen LogP) is 0.870. The second-order valence-electron chi connectivity index (χ2n) is 4.37. The van der Waals surface area contributed by atoms with Crippen LogP contribution in [0.25, 0.3) is 11.0 Å². The number of aromatic amines is 2. The monoisotopic (exact) mass is 355 g/mol. The molecule has 0 saturated heterocycles. The minimum absolute atomic E-state index is 0. The molecule has 119 valence electrons. The third-order valence-electron chi connectivity index (χ3n) is 2.73. The van der Waals surface area contributed by atoms with Crippen LogP contribution in [0.15, 0.2) is 52.3 Å². The first-order valence-corrected chi connectivity index (χ1v) is 7.81. The van der Waals surface area contributed by atoms with E-state index in [4.69, 9.17) is 9.81 Å². The van der Waals surface area contributed by atoms with Gasteiger partial charge in [-0.3, -0.25) is 9.35 Å². The maximum atomic E-state index is 11.1. The molecule has 3 rings (SSSR count). The second kappa shape index (κ2) is 8.77. The molecule has 0 amide bonds. The number of imidazole rings is 1. The maximum absolute atomic E-state index is 11.1. The summed E-state index contributed by atoms with van der Waals surface area (Å²) >= 11 is 0. The molecule has 0 unspecified atom stereocenters. The quantitative estimate of drug-likeness (QED) is 0.460. The van der Waals surface area contributed by atoms with Gasteiger partial charge in [0.1, 0.15) is 10.7 Å². The van der Waals surface area contributed by atoms with E-state index in [2.05, 4.69) is 15.0 Å². The SMILES string of the molecule is N#CCc1nc2cccc(S(=O)(=O)O)c2[nH]1.O=c1cccc[nH]1.[Na]. The summed E-state index contributed by atoms with van der Waals surface area (Å²) in [6.45, 7) is 0. The number of nitriles is 1. The van der Waals surface area contributed by atoms with Crippen molar-refractivity contribution in [2.75, 3.05) is 0 Å². The molecule has 0 bridgehead atoms. The first-order valence-electron chi connectivity index (χ1n) is 6.37. The number of para-hydroxylation sites is 1. The number of hydrogen-bond acceptors (Lipinski definition) is 5. The fraction of sp³-hybridized carbons (Fsp3) is 0.0714. The van der Waals surface area contributed by atoms with Crippen LogP contribution in [0.5, 0.6) is 0 Å². The van der Waals surface area contributed by atoms with Crippen molar-refractivity contribution >= 4 is 50.7 Å². The fourth-order valence-electron chi connectivity index (χ4n) is 1.81. The van der Waals surface area contributed by atoms with Gasteiger partial charge in [-0.15, -0.1) is 0 Å². The molecular formula is C14H12N4NaO4S. The Morgan fingerprint density at radius 3 is 2.46 bits per heavy atom. The van der Waals surface area contributed by atoms with Crippen LogP contribution < -0.4 is 5.56 Å². The zero-order valence-electron chi connectivity index (χ0n) is 12.7. The van der Waals surface area contributed by atoms with Gasteiger partial charge in [0.25, 0.3) is 10.1 Å². The van der Waals surface area contributed by atoms with E-state index in [0.717, 1.165) is 0 Å². The van der Waals surface area contributed by atoms with Gasteiger partial charge in [-0.05, 0) is 18.2 Å². The number of rotatable bonds is 2. The summed E-state index contributed by atoms with van der Waals surface area (Å²) < 4.78 is 31.1. The van der Waals surface area contributed by atoms with Crippen molar-refractivity contribution in [1.29, 1.82) is 5.26 Å². The Hall–Kier alpha value is -1.96. The van der Waals surface area contributed by atoms with Crippen LogP contribution in [0.1, 0.15) is 5.82 Å². The standard InChI is InChI=1S/C9H7N3O3S.C5H5NO.Na/c10-5-4-8-11-6-2-1-3-7(9(6)12-8)16(13,14)15;7-5-3-1-2-4-6-5;/h1-3H,4H2,(H,11,12)(H,13,14,15);1-4H,(H,6,7);. The number of H-pyrrole nitrogens is 2. The summed E-state index contributed by atoms with van der Waals surface area (Å²) in [6.07, 6.45) is 1.65. The zero-order chi connectivity index (χ0) is 16.9.